The lowest BCUT2D eigenvalue weighted by molar-refractivity contribution is -0.124. The van der Waals surface area contributed by atoms with Crippen molar-refractivity contribution in [2.24, 2.45) is 0 Å². The molecule has 1 aliphatic carbocycles. The molecule has 162 valence electrons. The molecule has 1 saturated carbocycles. The van der Waals surface area contributed by atoms with Gasteiger partial charge < -0.3 is 15.0 Å². The van der Waals surface area contributed by atoms with Gasteiger partial charge in [-0.2, -0.15) is 0 Å². The van der Waals surface area contributed by atoms with E-state index in [0.29, 0.717) is 12.5 Å². The Labute approximate surface area is 191 Å². The van der Waals surface area contributed by atoms with Crippen LogP contribution in [-0.4, -0.2) is 30.1 Å². The number of carbonyl (C=O) groups is 1. The summed E-state index contributed by atoms with van der Waals surface area (Å²) >= 11 is 3.61. The van der Waals surface area contributed by atoms with Crippen molar-refractivity contribution in [1.82, 2.24) is 15.6 Å². The van der Waals surface area contributed by atoms with Crippen LogP contribution in [0.1, 0.15) is 55.0 Å². The van der Waals surface area contributed by atoms with E-state index in [1.165, 1.54) is 30.2 Å². The van der Waals surface area contributed by atoms with Crippen molar-refractivity contribution in [3.63, 3.8) is 0 Å². The van der Waals surface area contributed by atoms with Crippen molar-refractivity contribution in [1.29, 1.82) is 0 Å². The van der Waals surface area contributed by atoms with Crippen molar-refractivity contribution in [2.45, 2.75) is 56.7 Å². The van der Waals surface area contributed by atoms with E-state index in [0.717, 1.165) is 39.8 Å². The van der Waals surface area contributed by atoms with Gasteiger partial charge in [-0.05, 0) is 60.7 Å². The van der Waals surface area contributed by atoms with Gasteiger partial charge in [-0.3, -0.25) is 10.1 Å². The maximum absolute atomic E-state index is 13.3. The minimum absolute atomic E-state index is 0.0806. The Hall–Kier alpha value is -2.31. The summed E-state index contributed by atoms with van der Waals surface area (Å²) in [5.74, 6) is 0.937. The van der Waals surface area contributed by atoms with Crippen molar-refractivity contribution < 1.29 is 9.53 Å². The van der Waals surface area contributed by atoms with E-state index < -0.39 is 0 Å². The van der Waals surface area contributed by atoms with E-state index in [1.54, 1.807) is 7.11 Å². The molecule has 5 nitrogen and oxygen atoms in total. The Morgan fingerprint density at radius 2 is 1.87 bits per heavy atom. The molecule has 3 N–H and O–H groups in total. The number of aromatic amines is 1. The third-order valence-corrected chi connectivity index (χ3v) is 7.18. The molecule has 1 amide bonds. The van der Waals surface area contributed by atoms with E-state index >= 15 is 0 Å². The lowest BCUT2D eigenvalue weighted by atomic mass is 9.89. The molecule has 2 aromatic carbocycles. The number of hydrogen-bond donors (Lipinski definition) is 3. The number of rotatable bonds is 4. The predicted molar refractivity (Wildman–Crippen MR) is 126 cm³/mol. The second-order valence-corrected chi connectivity index (χ2v) is 9.60. The van der Waals surface area contributed by atoms with Gasteiger partial charge in [0.05, 0.1) is 19.2 Å². The van der Waals surface area contributed by atoms with Crippen LogP contribution in [0.4, 0.5) is 0 Å². The van der Waals surface area contributed by atoms with Crippen molar-refractivity contribution >= 4 is 32.7 Å². The predicted octanol–water partition coefficient (Wildman–Crippen LogP) is 4.99. The molecule has 1 fully saturated rings. The van der Waals surface area contributed by atoms with Crippen LogP contribution in [0.15, 0.2) is 46.9 Å². The first-order valence-electron chi connectivity index (χ1n) is 11.1. The normalized spacial score (nSPS) is 21.6. The lowest BCUT2D eigenvalue weighted by Gasteiger charge is -2.33. The first-order valence-corrected chi connectivity index (χ1v) is 11.9. The molecule has 2 heterocycles. The average molecular weight is 482 g/mol. The van der Waals surface area contributed by atoms with Crippen LogP contribution in [-0.2, 0) is 11.2 Å². The van der Waals surface area contributed by atoms with Gasteiger partial charge in [0, 0.05) is 27.1 Å². The fraction of sp³-hybridized carbons (Fsp3) is 0.400. The van der Waals surface area contributed by atoms with Crippen LogP contribution in [0.3, 0.4) is 0 Å². The highest BCUT2D eigenvalue weighted by Gasteiger charge is 2.34. The fourth-order valence-electron chi connectivity index (χ4n) is 5.03. The Morgan fingerprint density at radius 1 is 1.10 bits per heavy atom. The second kappa shape index (κ2) is 8.67. The summed E-state index contributed by atoms with van der Waals surface area (Å²) in [6, 6.07) is 14.4. The zero-order chi connectivity index (χ0) is 21.4. The molecule has 0 bridgehead atoms. The second-order valence-electron chi connectivity index (χ2n) is 8.68. The topological polar surface area (TPSA) is 66.2 Å². The highest BCUT2D eigenvalue weighted by Crippen LogP contribution is 2.36. The van der Waals surface area contributed by atoms with Gasteiger partial charge in [0.2, 0.25) is 5.91 Å². The van der Waals surface area contributed by atoms with Gasteiger partial charge in [-0.1, -0.05) is 47.3 Å². The molecule has 6 heteroatoms. The molecule has 2 unspecified atom stereocenters. The van der Waals surface area contributed by atoms with Gasteiger partial charge in [0.25, 0.3) is 0 Å². The number of amides is 1. The number of fused-ring (bicyclic) bond motifs is 3. The number of benzene rings is 2. The first kappa shape index (κ1) is 20.6. The van der Waals surface area contributed by atoms with Gasteiger partial charge >= 0.3 is 0 Å². The summed E-state index contributed by atoms with van der Waals surface area (Å²) in [6.45, 7) is 0. The minimum Gasteiger partial charge on any atom is -0.497 e. The van der Waals surface area contributed by atoms with Crippen LogP contribution in [0.2, 0.25) is 0 Å². The number of hydrogen-bond acceptors (Lipinski definition) is 3. The van der Waals surface area contributed by atoms with Gasteiger partial charge in [0.1, 0.15) is 5.75 Å². The molecular formula is C25H28BrN3O2. The fourth-order valence-corrected chi connectivity index (χ4v) is 5.39. The number of methoxy groups -OCH3 is 1. The zero-order valence-corrected chi connectivity index (χ0v) is 19.3. The molecule has 2 aliphatic rings. The molecule has 0 saturated heterocycles. The molecular weight excluding hydrogens is 454 g/mol. The van der Waals surface area contributed by atoms with Crippen LogP contribution in [0.25, 0.3) is 10.9 Å². The van der Waals surface area contributed by atoms with E-state index in [-0.39, 0.29) is 18.0 Å². The van der Waals surface area contributed by atoms with Crippen LogP contribution in [0, 0.1) is 0 Å². The number of halogens is 1. The number of nitrogens with one attached hydrogen (secondary N) is 3. The maximum Gasteiger partial charge on any atom is 0.237 e. The van der Waals surface area contributed by atoms with E-state index in [9.17, 15) is 4.79 Å². The highest BCUT2D eigenvalue weighted by molar-refractivity contribution is 9.10. The summed E-state index contributed by atoms with van der Waals surface area (Å²) in [6.07, 6.45) is 6.55. The van der Waals surface area contributed by atoms with Crippen LogP contribution >= 0.6 is 15.9 Å². The van der Waals surface area contributed by atoms with Crippen molar-refractivity contribution in [2.75, 3.05) is 7.11 Å². The van der Waals surface area contributed by atoms with Crippen LogP contribution < -0.4 is 15.4 Å². The molecule has 0 spiro atoms. The van der Waals surface area contributed by atoms with Gasteiger partial charge in [0.15, 0.2) is 0 Å². The minimum atomic E-state index is -0.264. The molecule has 1 aliphatic heterocycles. The summed E-state index contributed by atoms with van der Waals surface area (Å²) in [4.78, 5) is 16.9. The largest absolute Gasteiger partial charge is 0.497 e. The lowest BCUT2D eigenvalue weighted by Crippen LogP contribution is -2.52. The SMILES string of the molecule is COc1ccc(C2NC(C(=O)NC3CCCCC3)Cc3c2[nH]c2ccc(Br)cc32)cc1. The Balaban J connectivity index is 1.50. The molecule has 5 rings (SSSR count). The molecule has 3 aromatic rings. The third-order valence-electron chi connectivity index (χ3n) is 6.68. The number of carbonyl (C=O) groups excluding carboxylic acids is 1. The zero-order valence-electron chi connectivity index (χ0n) is 17.7. The van der Waals surface area contributed by atoms with E-state index in [4.69, 9.17) is 4.74 Å². The van der Waals surface area contributed by atoms with Gasteiger partial charge in [-0.25, -0.2) is 0 Å². The number of ether oxygens (including phenoxy) is 1. The first-order chi connectivity index (χ1) is 15.1. The van der Waals surface area contributed by atoms with Crippen LogP contribution in [0.5, 0.6) is 5.75 Å². The van der Waals surface area contributed by atoms with Crippen molar-refractivity contribution in [3.8, 4) is 5.75 Å². The summed E-state index contributed by atoms with van der Waals surface area (Å²) in [5.41, 5.74) is 4.57. The summed E-state index contributed by atoms with van der Waals surface area (Å²) < 4.78 is 6.38. The average Bonchev–Trinajstić information content (AvgIpc) is 3.17. The molecule has 0 radical (unpaired) electrons. The third kappa shape index (κ3) is 4.11. The highest BCUT2D eigenvalue weighted by atomic mass is 79.9. The number of aromatic nitrogens is 1. The van der Waals surface area contributed by atoms with Gasteiger partial charge in [-0.15, -0.1) is 0 Å². The summed E-state index contributed by atoms with van der Waals surface area (Å²) in [5, 5.41) is 8.13. The Morgan fingerprint density at radius 3 is 2.61 bits per heavy atom. The smallest absolute Gasteiger partial charge is 0.237 e. The quantitative estimate of drug-likeness (QED) is 0.491. The van der Waals surface area contributed by atoms with Crippen molar-refractivity contribution in [3.05, 3.63) is 63.8 Å². The number of H-pyrrole nitrogens is 1. The molecule has 2 atom stereocenters. The molecule has 31 heavy (non-hydrogen) atoms. The summed E-state index contributed by atoms with van der Waals surface area (Å²) in [7, 11) is 1.67. The molecule has 1 aromatic heterocycles. The Bertz CT molecular complexity index is 1090. The Kier molecular flexibility index (Phi) is 5.76. The van der Waals surface area contributed by atoms with E-state index in [2.05, 4.69) is 55.8 Å². The van der Waals surface area contributed by atoms with E-state index in [1.807, 2.05) is 18.2 Å². The maximum atomic E-state index is 13.3. The standard InChI is InChI=1S/C25H28BrN3O2/c1-31-18-10-7-15(8-11-18)23-24-20(19-13-16(26)9-12-21(19)28-24)14-22(29-23)25(30)27-17-5-3-2-4-6-17/h7-13,17,22-23,28-29H,2-6,14H2,1H3,(H,27,30). The monoisotopic (exact) mass is 481 g/mol.